The van der Waals surface area contributed by atoms with Gasteiger partial charge in [0, 0.05) is 48.5 Å². The minimum Gasteiger partial charge on any atom is -0.431 e. The van der Waals surface area contributed by atoms with E-state index in [1.54, 1.807) is 0 Å². The molecule has 0 spiro atoms. The number of nitrogen functional groups attached to an aromatic ring is 1. The van der Waals surface area contributed by atoms with Gasteiger partial charge in [-0.05, 0) is 37.8 Å². The van der Waals surface area contributed by atoms with E-state index in [1.165, 1.54) is 17.8 Å². The second-order valence-electron chi connectivity index (χ2n) is 9.18. The molecule has 2 aliphatic carbocycles. The number of likely N-dealkylation sites (tertiary alicyclic amines) is 1. The standard InChI is InChI=1S/C23H27F4N5O/c1-3-11(2)32-19(7-18(30-32)12-4-20(33-23(26)27)22(28)29-8-12)21-14-5-13(6-15(14)21)31-9-16(24)17(25)10-31/h4-5,7-8,11,13,15-17,21,23H,3,6,9-10H2,1-2H3,(H2,28,29). The predicted molar refractivity (Wildman–Crippen MR) is 116 cm³/mol. The maximum absolute atomic E-state index is 13.6. The summed E-state index contributed by atoms with van der Waals surface area (Å²) in [5.74, 6) is 0.252. The first-order chi connectivity index (χ1) is 15.8. The lowest BCUT2D eigenvalue weighted by Gasteiger charge is -2.23. The molecule has 2 fully saturated rings. The molecule has 2 aromatic heterocycles. The van der Waals surface area contributed by atoms with Crippen molar-refractivity contribution in [2.45, 2.75) is 63.6 Å². The van der Waals surface area contributed by atoms with Gasteiger partial charge in [-0.3, -0.25) is 9.58 Å². The lowest BCUT2D eigenvalue weighted by Crippen LogP contribution is -2.32. The molecule has 0 radical (unpaired) electrons. The number of rotatable bonds is 7. The van der Waals surface area contributed by atoms with E-state index in [0.29, 0.717) is 17.2 Å². The molecule has 3 heterocycles. The van der Waals surface area contributed by atoms with Crippen molar-refractivity contribution in [2.75, 3.05) is 18.8 Å². The molecule has 6 unspecified atom stereocenters. The molecular weight excluding hydrogens is 438 g/mol. The number of aromatic nitrogens is 3. The molecule has 5 rings (SSSR count). The molecule has 33 heavy (non-hydrogen) atoms. The van der Waals surface area contributed by atoms with Gasteiger partial charge in [0.05, 0.1) is 5.69 Å². The Hall–Kier alpha value is -2.62. The SMILES string of the molecule is CCC(C)n1nc(-c2cnc(N)c(OC(F)F)c2)cc1C1C2=CC(N3CC(F)C(F)C3)CC21. The van der Waals surface area contributed by atoms with Crippen LogP contribution in [0, 0.1) is 5.92 Å². The molecular formula is C23H27F4N5O. The number of fused-ring (bicyclic) bond motifs is 1. The van der Waals surface area contributed by atoms with Gasteiger partial charge in [-0.2, -0.15) is 13.9 Å². The van der Waals surface area contributed by atoms with Crippen molar-refractivity contribution >= 4 is 5.82 Å². The summed E-state index contributed by atoms with van der Waals surface area (Å²) in [7, 11) is 0. The van der Waals surface area contributed by atoms with Gasteiger partial charge in [0.1, 0.15) is 12.3 Å². The lowest BCUT2D eigenvalue weighted by atomic mass is 10.1. The zero-order chi connectivity index (χ0) is 23.4. The smallest absolute Gasteiger partial charge is 0.387 e. The van der Waals surface area contributed by atoms with Crippen LogP contribution in [0.1, 0.15) is 44.3 Å². The van der Waals surface area contributed by atoms with Gasteiger partial charge < -0.3 is 10.5 Å². The first kappa shape index (κ1) is 22.2. The van der Waals surface area contributed by atoms with Crippen LogP contribution < -0.4 is 10.5 Å². The van der Waals surface area contributed by atoms with Crippen LogP contribution in [0.2, 0.25) is 0 Å². The van der Waals surface area contributed by atoms with E-state index in [9.17, 15) is 17.6 Å². The Balaban J connectivity index is 1.41. The molecule has 0 bridgehead atoms. The van der Waals surface area contributed by atoms with E-state index in [0.717, 1.165) is 18.5 Å². The quantitative estimate of drug-likeness (QED) is 0.482. The molecule has 0 aromatic carbocycles. The Morgan fingerprint density at radius 1 is 1.21 bits per heavy atom. The molecule has 1 saturated carbocycles. The van der Waals surface area contributed by atoms with Crippen molar-refractivity contribution in [2.24, 2.45) is 5.92 Å². The number of nitrogens with zero attached hydrogens (tertiary/aromatic N) is 4. The van der Waals surface area contributed by atoms with Crippen LogP contribution in [-0.4, -0.2) is 57.8 Å². The fraction of sp³-hybridized carbons (Fsp3) is 0.565. The van der Waals surface area contributed by atoms with Gasteiger partial charge in [0.15, 0.2) is 11.6 Å². The first-order valence-electron chi connectivity index (χ1n) is 11.3. The lowest BCUT2D eigenvalue weighted by molar-refractivity contribution is -0.0494. The minimum absolute atomic E-state index is 0.0787. The average molecular weight is 465 g/mol. The predicted octanol–water partition coefficient (Wildman–Crippen LogP) is 4.50. The highest BCUT2D eigenvalue weighted by atomic mass is 19.3. The van der Waals surface area contributed by atoms with E-state index in [-0.39, 0.29) is 42.7 Å². The number of nitrogens with two attached hydrogens (primary N) is 1. The number of allylic oxidation sites excluding steroid dienone is 1. The van der Waals surface area contributed by atoms with Gasteiger partial charge in [-0.1, -0.05) is 18.6 Å². The first-order valence-corrected chi connectivity index (χ1v) is 11.3. The van der Waals surface area contributed by atoms with Crippen LogP contribution >= 0.6 is 0 Å². The largest absolute Gasteiger partial charge is 0.431 e. The third-order valence-electron chi connectivity index (χ3n) is 7.13. The van der Waals surface area contributed by atoms with E-state index >= 15 is 0 Å². The van der Waals surface area contributed by atoms with Crippen molar-refractivity contribution in [3.05, 3.63) is 35.7 Å². The fourth-order valence-corrected chi connectivity index (χ4v) is 5.14. The summed E-state index contributed by atoms with van der Waals surface area (Å²) in [6.45, 7) is 1.45. The fourth-order valence-electron chi connectivity index (χ4n) is 5.14. The van der Waals surface area contributed by atoms with Gasteiger partial charge in [0.2, 0.25) is 0 Å². The molecule has 1 aliphatic heterocycles. The van der Waals surface area contributed by atoms with Crippen molar-refractivity contribution in [3.8, 4) is 17.0 Å². The van der Waals surface area contributed by atoms with Crippen LogP contribution in [0.3, 0.4) is 0 Å². The summed E-state index contributed by atoms with van der Waals surface area (Å²) in [5.41, 5.74) is 9.16. The van der Waals surface area contributed by atoms with E-state index in [4.69, 9.17) is 10.8 Å². The summed E-state index contributed by atoms with van der Waals surface area (Å²) in [6.07, 6.45) is 2.56. The number of ether oxygens (including phenoxy) is 1. The summed E-state index contributed by atoms with van der Waals surface area (Å²) in [4.78, 5) is 5.88. The maximum atomic E-state index is 13.6. The molecule has 6 atom stereocenters. The van der Waals surface area contributed by atoms with Crippen molar-refractivity contribution in [1.29, 1.82) is 0 Å². The van der Waals surface area contributed by atoms with Gasteiger partial charge in [-0.15, -0.1) is 0 Å². The third kappa shape index (κ3) is 3.98. The van der Waals surface area contributed by atoms with Crippen LogP contribution in [0.25, 0.3) is 11.3 Å². The number of hydrogen-bond donors (Lipinski definition) is 1. The topological polar surface area (TPSA) is 69.2 Å². The number of pyridine rings is 1. The highest BCUT2D eigenvalue weighted by Crippen LogP contribution is 2.61. The molecule has 1 saturated heterocycles. The molecule has 6 nitrogen and oxygen atoms in total. The third-order valence-corrected chi connectivity index (χ3v) is 7.13. The molecule has 3 aliphatic rings. The summed E-state index contributed by atoms with van der Waals surface area (Å²) < 4.78 is 59.1. The van der Waals surface area contributed by atoms with Crippen LogP contribution in [0.4, 0.5) is 23.4 Å². The maximum Gasteiger partial charge on any atom is 0.387 e. The Labute approximate surface area is 189 Å². The number of hydrogen-bond acceptors (Lipinski definition) is 5. The van der Waals surface area contributed by atoms with E-state index < -0.39 is 19.0 Å². The zero-order valence-corrected chi connectivity index (χ0v) is 18.5. The van der Waals surface area contributed by atoms with Crippen molar-refractivity contribution in [3.63, 3.8) is 0 Å². The number of halogens is 4. The molecule has 2 aromatic rings. The van der Waals surface area contributed by atoms with Crippen LogP contribution in [0.5, 0.6) is 5.75 Å². The molecule has 0 amide bonds. The van der Waals surface area contributed by atoms with Gasteiger partial charge >= 0.3 is 6.61 Å². The Bertz CT molecular complexity index is 1060. The second-order valence-corrected chi connectivity index (χ2v) is 9.18. The van der Waals surface area contributed by atoms with Crippen molar-refractivity contribution in [1.82, 2.24) is 19.7 Å². The van der Waals surface area contributed by atoms with Gasteiger partial charge in [-0.25, -0.2) is 13.8 Å². The molecule has 2 N–H and O–H groups in total. The zero-order valence-electron chi connectivity index (χ0n) is 18.5. The van der Waals surface area contributed by atoms with Crippen LogP contribution in [-0.2, 0) is 0 Å². The summed E-state index contributed by atoms with van der Waals surface area (Å²) >= 11 is 0. The summed E-state index contributed by atoms with van der Waals surface area (Å²) in [6, 6.07) is 3.62. The summed E-state index contributed by atoms with van der Waals surface area (Å²) in [5, 5.41) is 4.76. The van der Waals surface area contributed by atoms with E-state index in [1.807, 2.05) is 15.6 Å². The highest BCUT2D eigenvalue weighted by molar-refractivity contribution is 5.65. The van der Waals surface area contributed by atoms with Gasteiger partial charge in [0.25, 0.3) is 0 Å². The number of alkyl halides is 4. The van der Waals surface area contributed by atoms with Crippen molar-refractivity contribution < 1.29 is 22.3 Å². The Morgan fingerprint density at radius 2 is 1.94 bits per heavy atom. The van der Waals surface area contributed by atoms with E-state index in [2.05, 4.69) is 29.6 Å². The van der Waals surface area contributed by atoms with Crippen LogP contribution in [0.15, 0.2) is 30.0 Å². The molecule has 178 valence electrons. The second kappa shape index (κ2) is 8.30. The normalized spacial score (nSPS) is 29.9. The average Bonchev–Trinajstić information content (AvgIpc) is 3.16. The number of anilines is 1. The minimum atomic E-state index is -3.00. The monoisotopic (exact) mass is 465 g/mol. The highest BCUT2D eigenvalue weighted by Gasteiger charge is 2.53. The Kier molecular flexibility index (Phi) is 5.58. The Morgan fingerprint density at radius 3 is 2.55 bits per heavy atom. The molecule has 10 heteroatoms.